The van der Waals surface area contributed by atoms with Crippen LogP contribution in [0.1, 0.15) is 37.9 Å². The van der Waals surface area contributed by atoms with Crippen LogP contribution >= 0.6 is 0 Å². The maximum atomic E-state index is 12.0. The quantitative estimate of drug-likeness (QED) is 0.787. The molecule has 0 N–H and O–H groups in total. The van der Waals surface area contributed by atoms with E-state index in [9.17, 15) is 4.79 Å². The van der Waals surface area contributed by atoms with Gasteiger partial charge in [-0.2, -0.15) is 0 Å². The molecule has 0 aliphatic carbocycles. The topological polar surface area (TPSA) is 55.1 Å². The van der Waals surface area contributed by atoms with E-state index in [1.165, 1.54) is 0 Å². The van der Waals surface area contributed by atoms with E-state index in [2.05, 4.69) is 4.90 Å². The Hall–Kier alpha value is -1.37. The fourth-order valence-corrected chi connectivity index (χ4v) is 4.34. The van der Waals surface area contributed by atoms with E-state index in [4.69, 9.17) is 13.9 Å². The fraction of sp³-hybridized carbons (Fsp3) is 0.737. The van der Waals surface area contributed by atoms with Crippen LogP contribution in [0.5, 0.6) is 0 Å². The summed E-state index contributed by atoms with van der Waals surface area (Å²) in [6.45, 7) is 4.41. The Morgan fingerprint density at radius 1 is 1.20 bits per heavy atom. The van der Waals surface area contributed by atoms with Gasteiger partial charge in [0.2, 0.25) is 5.91 Å². The van der Waals surface area contributed by atoms with Gasteiger partial charge in [-0.25, -0.2) is 0 Å². The molecule has 3 atom stereocenters. The molecule has 6 nitrogen and oxygen atoms in total. The van der Waals surface area contributed by atoms with E-state index >= 15 is 0 Å². The number of carbonyl (C=O) groups is 1. The maximum Gasteiger partial charge on any atom is 0.248 e. The van der Waals surface area contributed by atoms with Crippen molar-refractivity contribution >= 4 is 5.91 Å². The zero-order valence-electron chi connectivity index (χ0n) is 14.8. The summed E-state index contributed by atoms with van der Waals surface area (Å²) in [6, 6.07) is 4.45. The van der Waals surface area contributed by atoms with Crippen LogP contribution in [0, 0.1) is 0 Å². The van der Waals surface area contributed by atoms with Gasteiger partial charge in [0, 0.05) is 25.7 Å². The molecule has 6 heteroatoms. The van der Waals surface area contributed by atoms with Crippen molar-refractivity contribution in [1.29, 1.82) is 0 Å². The molecule has 138 valence electrons. The largest absolute Gasteiger partial charge is 0.468 e. The lowest BCUT2D eigenvalue weighted by Crippen LogP contribution is -2.43. The first-order chi connectivity index (χ1) is 12.3. The van der Waals surface area contributed by atoms with Crippen molar-refractivity contribution in [3.8, 4) is 0 Å². The van der Waals surface area contributed by atoms with Gasteiger partial charge in [-0.1, -0.05) is 0 Å². The third-order valence-electron chi connectivity index (χ3n) is 5.68. The monoisotopic (exact) mass is 348 g/mol. The van der Waals surface area contributed by atoms with E-state index in [1.54, 1.807) is 6.26 Å². The summed E-state index contributed by atoms with van der Waals surface area (Å²) in [5.41, 5.74) is 0. The van der Waals surface area contributed by atoms with Crippen LogP contribution in [0.15, 0.2) is 22.8 Å². The molecule has 0 spiro atoms. The Kier molecular flexibility index (Phi) is 5.39. The first-order valence-corrected chi connectivity index (χ1v) is 9.57. The highest BCUT2D eigenvalue weighted by atomic mass is 16.5. The maximum absolute atomic E-state index is 12.0. The second-order valence-electron chi connectivity index (χ2n) is 7.38. The number of hydrogen-bond acceptors (Lipinski definition) is 5. The van der Waals surface area contributed by atoms with Gasteiger partial charge in [0.25, 0.3) is 0 Å². The van der Waals surface area contributed by atoms with Crippen LogP contribution < -0.4 is 0 Å². The fourth-order valence-electron chi connectivity index (χ4n) is 4.34. The summed E-state index contributed by atoms with van der Waals surface area (Å²) in [5.74, 6) is 1.14. The number of likely N-dealkylation sites (tertiary alicyclic amines) is 2. The van der Waals surface area contributed by atoms with Gasteiger partial charge in [0.1, 0.15) is 12.4 Å². The van der Waals surface area contributed by atoms with E-state index in [1.807, 2.05) is 17.0 Å². The lowest BCUT2D eigenvalue weighted by Gasteiger charge is -2.35. The van der Waals surface area contributed by atoms with Crippen LogP contribution in [-0.4, -0.2) is 66.8 Å². The van der Waals surface area contributed by atoms with Gasteiger partial charge in [0.15, 0.2) is 0 Å². The average Bonchev–Trinajstić information content (AvgIpc) is 3.37. The van der Waals surface area contributed by atoms with Crippen molar-refractivity contribution in [1.82, 2.24) is 9.80 Å². The third kappa shape index (κ3) is 4.07. The molecule has 1 amide bonds. The van der Waals surface area contributed by atoms with Crippen LogP contribution in [0.25, 0.3) is 0 Å². The molecule has 3 fully saturated rings. The number of rotatable bonds is 6. The lowest BCUT2D eigenvalue weighted by molar-refractivity contribution is -0.139. The van der Waals surface area contributed by atoms with Crippen molar-refractivity contribution in [3.63, 3.8) is 0 Å². The normalized spacial score (nSPS) is 29.9. The molecule has 0 bridgehead atoms. The summed E-state index contributed by atoms with van der Waals surface area (Å²) in [5, 5.41) is 0. The molecule has 3 aliphatic rings. The van der Waals surface area contributed by atoms with Gasteiger partial charge in [-0.05, 0) is 44.2 Å². The zero-order chi connectivity index (χ0) is 17.1. The van der Waals surface area contributed by atoms with Crippen LogP contribution in [0.3, 0.4) is 0 Å². The second kappa shape index (κ2) is 7.89. The Labute approximate surface area is 149 Å². The first kappa shape index (κ1) is 17.1. The van der Waals surface area contributed by atoms with Crippen molar-refractivity contribution in [2.75, 3.05) is 32.8 Å². The van der Waals surface area contributed by atoms with Gasteiger partial charge in [-0.15, -0.1) is 0 Å². The molecule has 3 aliphatic heterocycles. The predicted molar refractivity (Wildman–Crippen MR) is 92.1 cm³/mol. The molecule has 2 unspecified atom stereocenters. The van der Waals surface area contributed by atoms with E-state index in [0.717, 1.165) is 64.0 Å². The minimum Gasteiger partial charge on any atom is -0.468 e. The van der Waals surface area contributed by atoms with Crippen molar-refractivity contribution in [2.24, 2.45) is 0 Å². The van der Waals surface area contributed by atoms with Crippen LogP contribution in [0.4, 0.5) is 0 Å². The number of hydrogen-bond donors (Lipinski definition) is 0. The van der Waals surface area contributed by atoms with Crippen LogP contribution in [-0.2, 0) is 20.8 Å². The number of fused-ring (bicyclic) bond motifs is 1. The lowest BCUT2D eigenvalue weighted by atomic mass is 9.99. The Balaban J connectivity index is 1.19. The summed E-state index contributed by atoms with van der Waals surface area (Å²) >= 11 is 0. The van der Waals surface area contributed by atoms with Crippen LogP contribution in [0.2, 0.25) is 0 Å². The van der Waals surface area contributed by atoms with Crippen molar-refractivity contribution < 1.29 is 18.7 Å². The smallest absolute Gasteiger partial charge is 0.248 e. The SMILES string of the molecule is O=C(COC[C@@H]1CCC2C(CCN2Cc2ccco2)O1)N1CCCC1. The zero-order valence-corrected chi connectivity index (χ0v) is 14.8. The van der Waals surface area contributed by atoms with E-state index < -0.39 is 0 Å². The molecule has 4 heterocycles. The van der Waals surface area contributed by atoms with E-state index in [0.29, 0.717) is 12.6 Å². The number of nitrogens with zero attached hydrogens (tertiary/aromatic N) is 2. The summed E-state index contributed by atoms with van der Waals surface area (Å²) < 4.78 is 17.4. The standard InChI is InChI=1S/C19H28N2O4/c22-19(20-8-1-2-9-20)14-23-13-16-5-6-17-18(25-16)7-10-21(17)12-15-4-3-11-24-15/h3-4,11,16-18H,1-2,5-10,12-14H2/t16-,17?,18?/m0/s1. The molecule has 1 aromatic heterocycles. The van der Waals surface area contributed by atoms with Gasteiger partial charge in [-0.3, -0.25) is 9.69 Å². The Morgan fingerprint density at radius 2 is 2.08 bits per heavy atom. The minimum absolute atomic E-state index is 0.121. The number of amides is 1. The van der Waals surface area contributed by atoms with Gasteiger partial charge >= 0.3 is 0 Å². The molecule has 0 saturated carbocycles. The average molecular weight is 348 g/mol. The summed E-state index contributed by atoms with van der Waals surface area (Å²) in [6.07, 6.45) is 7.56. The molecular weight excluding hydrogens is 320 g/mol. The molecule has 4 rings (SSSR count). The van der Waals surface area contributed by atoms with Crippen molar-refractivity contribution in [2.45, 2.75) is 56.9 Å². The predicted octanol–water partition coefficient (Wildman–Crippen LogP) is 2.04. The highest BCUT2D eigenvalue weighted by molar-refractivity contribution is 5.77. The molecule has 25 heavy (non-hydrogen) atoms. The van der Waals surface area contributed by atoms with Crippen molar-refractivity contribution in [3.05, 3.63) is 24.2 Å². The van der Waals surface area contributed by atoms with Gasteiger partial charge < -0.3 is 18.8 Å². The second-order valence-corrected chi connectivity index (χ2v) is 7.38. The number of ether oxygens (including phenoxy) is 2. The summed E-state index contributed by atoms with van der Waals surface area (Å²) in [7, 11) is 0. The highest BCUT2D eigenvalue weighted by Gasteiger charge is 2.40. The molecule has 0 radical (unpaired) electrons. The molecule has 1 aromatic rings. The Bertz CT molecular complexity index is 556. The Morgan fingerprint density at radius 3 is 2.88 bits per heavy atom. The first-order valence-electron chi connectivity index (χ1n) is 9.57. The molecular formula is C19H28N2O4. The summed E-state index contributed by atoms with van der Waals surface area (Å²) in [4.78, 5) is 16.4. The third-order valence-corrected chi connectivity index (χ3v) is 5.68. The van der Waals surface area contributed by atoms with Gasteiger partial charge in [0.05, 0.1) is 31.6 Å². The molecule has 3 saturated heterocycles. The number of carbonyl (C=O) groups excluding carboxylic acids is 1. The molecule has 0 aromatic carbocycles. The number of furan rings is 1. The van der Waals surface area contributed by atoms with E-state index in [-0.39, 0.29) is 24.7 Å². The highest BCUT2D eigenvalue weighted by Crippen LogP contribution is 2.32. The minimum atomic E-state index is 0.121.